The van der Waals surface area contributed by atoms with E-state index in [9.17, 15) is 5.11 Å². The first kappa shape index (κ1) is 27.2. The van der Waals surface area contributed by atoms with E-state index in [0.717, 1.165) is 11.1 Å². The zero-order chi connectivity index (χ0) is 25.7. The second-order valence-electron chi connectivity index (χ2n) is 10.5. The average Bonchev–Trinajstić information content (AvgIpc) is 2.89. The summed E-state index contributed by atoms with van der Waals surface area (Å²) in [5.41, 5.74) is 2.24. The van der Waals surface area contributed by atoms with Crippen molar-refractivity contribution in [2.24, 2.45) is 17.8 Å². The lowest BCUT2D eigenvalue weighted by Crippen LogP contribution is -2.58. The first-order chi connectivity index (χ1) is 17.3. The van der Waals surface area contributed by atoms with Gasteiger partial charge in [0, 0.05) is 5.92 Å². The lowest BCUT2D eigenvalue weighted by Gasteiger charge is -2.48. The molecule has 2 heterocycles. The van der Waals surface area contributed by atoms with Crippen molar-refractivity contribution in [3.63, 3.8) is 0 Å². The van der Waals surface area contributed by atoms with Crippen molar-refractivity contribution in [1.29, 1.82) is 0 Å². The van der Waals surface area contributed by atoms with E-state index in [1.54, 1.807) is 0 Å². The maximum atomic E-state index is 10.9. The Hall–Kier alpha value is -1.80. The van der Waals surface area contributed by atoms with Crippen molar-refractivity contribution in [2.45, 2.75) is 90.7 Å². The normalized spacial score (nSPS) is 37.1. The Balaban J connectivity index is 1.48. The van der Waals surface area contributed by atoms with Crippen LogP contribution in [0.25, 0.3) is 0 Å². The Morgan fingerprint density at radius 3 is 1.94 bits per heavy atom. The number of aliphatic hydroxyl groups is 1. The molecule has 0 aliphatic carbocycles. The van der Waals surface area contributed by atoms with Gasteiger partial charge in [-0.2, -0.15) is 0 Å². The van der Waals surface area contributed by atoms with Crippen molar-refractivity contribution in [1.82, 2.24) is 0 Å². The minimum absolute atomic E-state index is 0.0111. The van der Waals surface area contributed by atoms with E-state index < -0.39 is 18.5 Å². The summed E-state index contributed by atoms with van der Waals surface area (Å²) in [5.74, 6) is 0.383. The van der Waals surface area contributed by atoms with Crippen LogP contribution in [0.2, 0.25) is 0 Å². The van der Waals surface area contributed by atoms with Gasteiger partial charge in [0.2, 0.25) is 0 Å². The van der Waals surface area contributed by atoms with Crippen molar-refractivity contribution in [3.05, 3.63) is 71.8 Å². The van der Waals surface area contributed by atoms with E-state index >= 15 is 0 Å². The first-order valence-electron chi connectivity index (χ1n) is 13.3. The molecule has 4 unspecified atom stereocenters. The molecule has 2 aromatic carbocycles. The molecule has 0 saturated carbocycles. The minimum Gasteiger partial charge on any atom is -0.388 e. The monoisotopic (exact) mass is 498 g/mol. The second-order valence-corrected chi connectivity index (χ2v) is 10.5. The van der Waals surface area contributed by atoms with Gasteiger partial charge in [0.1, 0.15) is 12.2 Å². The van der Waals surface area contributed by atoms with Crippen LogP contribution in [0, 0.1) is 17.8 Å². The fraction of sp³-hybridized carbons (Fsp3) is 0.600. The predicted molar refractivity (Wildman–Crippen MR) is 138 cm³/mol. The van der Waals surface area contributed by atoms with Crippen LogP contribution in [0.3, 0.4) is 0 Å². The quantitative estimate of drug-likeness (QED) is 0.526. The van der Waals surface area contributed by atoms with E-state index in [1.165, 1.54) is 0 Å². The van der Waals surface area contributed by atoms with Crippen LogP contribution in [0.1, 0.15) is 45.7 Å². The molecule has 2 fully saturated rings. The van der Waals surface area contributed by atoms with E-state index in [-0.39, 0.29) is 42.2 Å². The van der Waals surface area contributed by atoms with Gasteiger partial charge in [-0.1, -0.05) is 81.4 Å². The minimum atomic E-state index is -0.739. The molecule has 0 bridgehead atoms. The fourth-order valence-electron chi connectivity index (χ4n) is 5.17. The van der Waals surface area contributed by atoms with Crippen LogP contribution >= 0.6 is 0 Å². The van der Waals surface area contributed by atoms with Crippen LogP contribution in [0.5, 0.6) is 0 Å². The molecule has 2 aliphatic rings. The van der Waals surface area contributed by atoms with Gasteiger partial charge in [0.15, 0.2) is 6.29 Å². The van der Waals surface area contributed by atoms with Gasteiger partial charge < -0.3 is 28.8 Å². The van der Waals surface area contributed by atoms with Gasteiger partial charge in [0.05, 0.1) is 44.2 Å². The van der Waals surface area contributed by atoms with Crippen LogP contribution in [0.4, 0.5) is 0 Å². The van der Waals surface area contributed by atoms with Gasteiger partial charge in [-0.3, -0.25) is 0 Å². The number of hydrogen-bond acceptors (Lipinski definition) is 6. The van der Waals surface area contributed by atoms with E-state index in [2.05, 4.69) is 45.0 Å². The summed E-state index contributed by atoms with van der Waals surface area (Å²) >= 11 is 0. The highest BCUT2D eigenvalue weighted by atomic mass is 16.7. The van der Waals surface area contributed by atoms with E-state index in [0.29, 0.717) is 19.8 Å². The zero-order valence-electron chi connectivity index (χ0n) is 22.2. The highest BCUT2D eigenvalue weighted by Crippen LogP contribution is 2.37. The molecule has 6 heteroatoms. The average molecular weight is 499 g/mol. The van der Waals surface area contributed by atoms with Crippen LogP contribution in [0.15, 0.2) is 60.7 Å². The summed E-state index contributed by atoms with van der Waals surface area (Å²) in [5, 5.41) is 10.9. The zero-order valence-corrected chi connectivity index (χ0v) is 22.2. The Morgan fingerprint density at radius 1 is 0.694 bits per heavy atom. The van der Waals surface area contributed by atoms with Crippen LogP contribution in [-0.4, -0.2) is 54.6 Å². The molecule has 1 N–H and O–H groups in total. The summed E-state index contributed by atoms with van der Waals surface area (Å²) < 4.78 is 31.5. The molecule has 0 amide bonds. The van der Waals surface area contributed by atoms with Crippen LogP contribution in [-0.2, 0) is 36.9 Å². The number of rotatable bonds is 9. The molecule has 198 valence electrons. The number of benzene rings is 2. The third-order valence-electron chi connectivity index (χ3n) is 7.99. The highest BCUT2D eigenvalue weighted by Gasteiger charge is 2.47. The molecule has 10 atom stereocenters. The largest absolute Gasteiger partial charge is 0.388 e. The van der Waals surface area contributed by atoms with Gasteiger partial charge in [-0.05, 0) is 36.8 Å². The summed E-state index contributed by atoms with van der Waals surface area (Å²) in [6.45, 7) is 11.8. The maximum absolute atomic E-state index is 10.9. The molecule has 0 aromatic heterocycles. The van der Waals surface area contributed by atoms with Crippen molar-refractivity contribution < 1.29 is 28.8 Å². The standard InChI is InChI=1S/C30H42O6/c1-19-20(2)29(33-17-25-14-10-7-11-15-25)30(36-28-21(3)22(4)34-23(5)27(28)31)35-26(19)18-32-16-24-12-8-6-9-13-24/h6-15,19-23,26-31H,16-18H2,1-5H3/t19-,20?,21-,22?,23-,26+,27?,28+,29?,30+/m0/s1. The Labute approximate surface area is 215 Å². The Bertz CT molecular complexity index is 892. The molecular weight excluding hydrogens is 456 g/mol. The third kappa shape index (κ3) is 6.55. The molecule has 2 aliphatic heterocycles. The Morgan fingerprint density at radius 2 is 1.31 bits per heavy atom. The molecule has 6 nitrogen and oxygen atoms in total. The molecular formula is C30H42O6. The highest BCUT2D eigenvalue weighted by molar-refractivity contribution is 5.14. The molecule has 2 aromatic rings. The lowest BCUT2D eigenvalue weighted by molar-refractivity contribution is -0.327. The number of hydrogen-bond donors (Lipinski definition) is 1. The molecule has 36 heavy (non-hydrogen) atoms. The van der Waals surface area contributed by atoms with Gasteiger partial charge >= 0.3 is 0 Å². The summed E-state index contributed by atoms with van der Waals surface area (Å²) in [6.07, 6.45) is -2.53. The van der Waals surface area contributed by atoms with Gasteiger partial charge in [0.25, 0.3) is 0 Å². The van der Waals surface area contributed by atoms with E-state index in [4.69, 9.17) is 23.7 Å². The SMILES string of the molecule is CC1C(OCc2ccccc2)[C@@H](O[C@H]2C(O)[C@H](C)OC(C)[C@@H]2C)O[C@H](COCc2ccccc2)[C@H]1C. The van der Waals surface area contributed by atoms with Crippen molar-refractivity contribution in [2.75, 3.05) is 6.61 Å². The lowest BCUT2D eigenvalue weighted by atomic mass is 9.83. The smallest absolute Gasteiger partial charge is 0.184 e. The third-order valence-corrected chi connectivity index (χ3v) is 7.99. The fourth-order valence-corrected chi connectivity index (χ4v) is 5.17. The van der Waals surface area contributed by atoms with Gasteiger partial charge in [-0.15, -0.1) is 0 Å². The number of ether oxygens (including phenoxy) is 5. The van der Waals surface area contributed by atoms with Gasteiger partial charge in [-0.25, -0.2) is 0 Å². The number of aliphatic hydroxyl groups excluding tert-OH is 1. The van der Waals surface area contributed by atoms with E-state index in [1.807, 2.05) is 50.2 Å². The maximum Gasteiger partial charge on any atom is 0.184 e. The van der Waals surface area contributed by atoms with Crippen LogP contribution < -0.4 is 0 Å². The summed E-state index contributed by atoms with van der Waals surface area (Å²) in [7, 11) is 0. The van der Waals surface area contributed by atoms with Crippen molar-refractivity contribution >= 4 is 0 Å². The molecule has 2 saturated heterocycles. The Kier molecular flexibility index (Phi) is 9.56. The van der Waals surface area contributed by atoms with Crippen molar-refractivity contribution in [3.8, 4) is 0 Å². The molecule has 0 spiro atoms. The predicted octanol–water partition coefficient (Wildman–Crippen LogP) is 4.98. The topological polar surface area (TPSA) is 66.4 Å². The second kappa shape index (κ2) is 12.6. The molecule has 0 radical (unpaired) electrons. The summed E-state index contributed by atoms with van der Waals surface area (Å²) in [4.78, 5) is 0. The first-order valence-corrected chi connectivity index (χ1v) is 13.3. The molecule has 4 rings (SSSR count). The summed E-state index contributed by atoms with van der Waals surface area (Å²) in [6, 6.07) is 20.3.